The van der Waals surface area contributed by atoms with Crippen LogP contribution in [0.1, 0.15) is 38.0 Å². The smallest absolute Gasteiger partial charge is 0.197 e. The quantitative estimate of drug-likeness (QED) is 0.672. The molecule has 1 aromatic carbocycles. The predicted octanol–water partition coefficient (Wildman–Crippen LogP) is 2.63. The molecule has 6 nitrogen and oxygen atoms in total. The Morgan fingerprint density at radius 1 is 1.38 bits per heavy atom. The fraction of sp³-hybridized carbons (Fsp3) is 0.278. The third-order valence-electron chi connectivity index (χ3n) is 4.53. The molecule has 0 spiro atoms. The van der Waals surface area contributed by atoms with Gasteiger partial charge in [0.1, 0.15) is 10.8 Å². The normalized spacial score (nSPS) is 13.7. The number of carbonyl (C=O) groups is 1. The maximum absolute atomic E-state index is 13.4. The van der Waals surface area contributed by atoms with Crippen LogP contribution in [-0.2, 0) is 19.5 Å². The summed E-state index contributed by atoms with van der Waals surface area (Å²) in [5.41, 5.74) is 8.14. The summed E-state index contributed by atoms with van der Waals surface area (Å²) in [5, 5.41) is 12.9. The van der Waals surface area contributed by atoms with E-state index in [4.69, 9.17) is 17.3 Å². The van der Waals surface area contributed by atoms with Gasteiger partial charge in [-0.25, -0.2) is 0 Å². The van der Waals surface area contributed by atoms with Crippen LogP contribution < -0.4 is 11.1 Å². The first kappa shape index (κ1) is 17.4. The summed E-state index contributed by atoms with van der Waals surface area (Å²) in [7, 11) is 0. The monoisotopic (exact) mass is 387 g/mol. The summed E-state index contributed by atoms with van der Waals surface area (Å²) in [6.07, 6.45) is 0.802. The molecule has 0 amide bonds. The van der Waals surface area contributed by atoms with Crippen molar-refractivity contribution in [2.75, 3.05) is 6.54 Å². The van der Waals surface area contributed by atoms with Crippen LogP contribution in [0.4, 0.5) is 0 Å². The van der Waals surface area contributed by atoms with Gasteiger partial charge >= 0.3 is 0 Å². The van der Waals surface area contributed by atoms with Gasteiger partial charge in [-0.15, -0.1) is 21.5 Å². The largest absolute Gasteiger partial charge is 0.324 e. The van der Waals surface area contributed by atoms with Crippen molar-refractivity contribution in [3.63, 3.8) is 0 Å². The fourth-order valence-electron chi connectivity index (χ4n) is 3.29. The number of nitrogens with one attached hydrogen (secondary N) is 1. The summed E-state index contributed by atoms with van der Waals surface area (Å²) < 4.78 is 1.90. The van der Waals surface area contributed by atoms with Crippen molar-refractivity contribution in [3.05, 3.63) is 62.5 Å². The molecule has 3 aromatic rings. The summed E-state index contributed by atoms with van der Waals surface area (Å²) in [5.74, 6) is 1.29. The lowest BCUT2D eigenvalue weighted by atomic mass is 9.96. The number of hydrogen-bond donors (Lipinski definition) is 2. The highest BCUT2D eigenvalue weighted by Gasteiger charge is 2.29. The van der Waals surface area contributed by atoms with Crippen molar-refractivity contribution in [1.29, 1.82) is 0 Å². The molecule has 4 rings (SSSR count). The van der Waals surface area contributed by atoms with Crippen molar-refractivity contribution in [1.82, 2.24) is 20.1 Å². The van der Waals surface area contributed by atoms with Gasteiger partial charge in [-0.1, -0.05) is 23.7 Å². The van der Waals surface area contributed by atoms with E-state index in [1.54, 1.807) is 23.5 Å². The lowest BCUT2D eigenvalue weighted by Crippen LogP contribution is -2.23. The first-order valence-corrected chi connectivity index (χ1v) is 9.57. The summed E-state index contributed by atoms with van der Waals surface area (Å²) in [4.78, 5) is 14.6. The Morgan fingerprint density at radius 3 is 2.96 bits per heavy atom. The predicted molar refractivity (Wildman–Crippen MR) is 102 cm³/mol. The van der Waals surface area contributed by atoms with Crippen molar-refractivity contribution in [2.45, 2.75) is 26.4 Å². The zero-order chi connectivity index (χ0) is 18.3. The second kappa shape index (κ2) is 6.92. The zero-order valence-corrected chi connectivity index (χ0v) is 15.8. The van der Waals surface area contributed by atoms with Crippen molar-refractivity contribution in [2.24, 2.45) is 5.73 Å². The van der Waals surface area contributed by atoms with E-state index in [2.05, 4.69) is 15.5 Å². The number of halogens is 1. The zero-order valence-electron chi connectivity index (χ0n) is 14.3. The van der Waals surface area contributed by atoms with Crippen LogP contribution in [0.15, 0.2) is 24.3 Å². The molecule has 134 valence electrons. The maximum atomic E-state index is 13.4. The van der Waals surface area contributed by atoms with Crippen LogP contribution in [0.2, 0.25) is 5.02 Å². The molecule has 8 heteroatoms. The SMILES string of the molecule is Cc1nnc(CN)n1-c1sc2c(c1C(=O)c1ccccc1Cl)CCNC2. The van der Waals surface area contributed by atoms with Gasteiger partial charge in [-0.3, -0.25) is 9.36 Å². The van der Waals surface area contributed by atoms with Gasteiger partial charge in [0.05, 0.1) is 17.1 Å². The van der Waals surface area contributed by atoms with E-state index in [0.717, 1.165) is 35.0 Å². The Bertz CT molecular complexity index is 994. The van der Waals surface area contributed by atoms with Crippen LogP contribution in [0, 0.1) is 6.92 Å². The molecule has 0 atom stereocenters. The van der Waals surface area contributed by atoms with E-state index in [1.807, 2.05) is 23.6 Å². The number of fused-ring (bicyclic) bond motifs is 1. The van der Waals surface area contributed by atoms with E-state index in [-0.39, 0.29) is 12.3 Å². The Labute approximate surface area is 160 Å². The summed E-state index contributed by atoms with van der Waals surface area (Å²) in [6, 6.07) is 7.16. The molecular weight excluding hydrogens is 370 g/mol. The molecule has 0 unspecified atom stereocenters. The van der Waals surface area contributed by atoms with E-state index in [9.17, 15) is 4.79 Å². The highest BCUT2D eigenvalue weighted by atomic mass is 35.5. The minimum atomic E-state index is -0.0685. The molecule has 0 fully saturated rings. The number of rotatable bonds is 4. The molecule has 0 saturated carbocycles. The minimum Gasteiger partial charge on any atom is -0.324 e. The van der Waals surface area contributed by atoms with E-state index in [0.29, 0.717) is 27.8 Å². The number of hydrogen-bond acceptors (Lipinski definition) is 6. The van der Waals surface area contributed by atoms with Crippen LogP contribution in [0.3, 0.4) is 0 Å². The average molecular weight is 388 g/mol. The molecule has 3 heterocycles. The lowest BCUT2D eigenvalue weighted by molar-refractivity contribution is 0.103. The second-order valence-corrected chi connectivity index (χ2v) is 7.61. The molecule has 0 bridgehead atoms. The summed E-state index contributed by atoms with van der Waals surface area (Å²) >= 11 is 7.90. The second-order valence-electron chi connectivity index (χ2n) is 6.12. The van der Waals surface area contributed by atoms with Crippen LogP contribution >= 0.6 is 22.9 Å². The van der Waals surface area contributed by atoms with E-state index in [1.165, 1.54) is 0 Å². The topological polar surface area (TPSA) is 85.8 Å². The molecule has 0 radical (unpaired) electrons. The Hall–Kier alpha value is -2.06. The van der Waals surface area contributed by atoms with E-state index < -0.39 is 0 Å². The number of aromatic nitrogens is 3. The maximum Gasteiger partial charge on any atom is 0.197 e. The molecule has 1 aliphatic heterocycles. The highest BCUT2D eigenvalue weighted by molar-refractivity contribution is 7.15. The molecule has 0 aliphatic carbocycles. The number of nitrogens with two attached hydrogens (primary N) is 1. The van der Waals surface area contributed by atoms with Crippen LogP contribution in [0.5, 0.6) is 0 Å². The van der Waals surface area contributed by atoms with Gasteiger partial charge in [0.25, 0.3) is 0 Å². The summed E-state index contributed by atoms with van der Waals surface area (Å²) in [6.45, 7) is 3.72. The molecule has 2 aromatic heterocycles. The number of thiophene rings is 1. The first-order chi connectivity index (χ1) is 12.6. The molecule has 3 N–H and O–H groups in total. The Morgan fingerprint density at radius 2 is 2.19 bits per heavy atom. The number of ketones is 1. The average Bonchev–Trinajstić information content (AvgIpc) is 3.21. The van der Waals surface area contributed by atoms with Gasteiger partial charge in [0, 0.05) is 17.0 Å². The molecule has 26 heavy (non-hydrogen) atoms. The molecule has 1 aliphatic rings. The van der Waals surface area contributed by atoms with Gasteiger partial charge in [0.15, 0.2) is 11.6 Å². The highest BCUT2D eigenvalue weighted by Crippen LogP contribution is 2.37. The van der Waals surface area contributed by atoms with Gasteiger partial charge < -0.3 is 11.1 Å². The third kappa shape index (κ3) is 2.77. The van der Waals surface area contributed by atoms with Gasteiger partial charge in [-0.2, -0.15) is 0 Å². The third-order valence-corrected chi connectivity index (χ3v) is 6.08. The molecule has 0 saturated heterocycles. The minimum absolute atomic E-state index is 0.0685. The number of aryl methyl sites for hydroxylation is 1. The Kier molecular flexibility index (Phi) is 4.62. The van der Waals surface area contributed by atoms with Crippen molar-refractivity contribution < 1.29 is 4.79 Å². The standard InChI is InChI=1S/C18H18ClN5OS/c1-10-22-23-15(8-20)24(10)18-16(12-6-7-21-9-14(12)26-18)17(25)11-4-2-3-5-13(11)19/h2-5,21H,6-9,20H2,1H3. The first-order valence-electron chi connectivity index (χ1n) is 8.37. The number of carbonyl (C=O) groups excluding carboxylic acids is 1. The fourth-order valence-corrected chi connectivity index (χ4v) is 4.90. The Balaban J connectivity index is 1.96. The lowest BCUT2D eigenvalue weighted by Gasteiger charge is -2.14. The molecular formula is C18H18ClN5OS. The van der Waals surface area contributed by atoms with Crippen LogP contribution in [-0.4, -0.2) is 27.1 Å². The van der Waals surface area contributed by atoms with E-state index >= 15 is 0 Å². The van der Waals surface area contributed by atoms with Gasteiger partial charge in [0.2, 0.25) is 0 Å². The number of benzene rings is 1. The van der Waals surface area contributed by atoms with Crippen molar-refractivity contribution in [3.8, 4) is 5.00 Å². The van der Waals surface area contributed by atoms with Crippen molar-refractivity contribution >= 4 is 28.7 Å². The van der Waals surface area contributed by atoms with Crippen LogP contribution in [0.25, 0.3) is 5.00 Å². The number of nitrogens with zero attached hydrogens (tertiary/aromatic N) is 3. The van der Waals surface area contributed by atoms with Gasteiger partial charge in [-0.05, 0) is 37.6 Å².